The van der Waals surface area contributed by atoms with Gasteiger partial charge < -0.3 is 9.47 Å². The van der Waals surface area contributed by atoms with Crippen molar-refractivity contribution in [2.75, 3.05) is 14.2 Å². The van der Waals surface area contributed by atoms with Crippen LogP contribution in [0.4, 0.5) is 4.39 Å². The van der Waals surface area contributed by atoms with E-state index in [1.807, 2.05) is 0 Å². The highest BCUT2D eigenvalue weighted by atomic mass is 35.5. The zero-order chi connectivity index (χ0) is 12.1. The summed E-state index contributed by atoms with van der Waals surface area (Å²) in [6.45, 7) is 0. The SMILES string of the molecule is COC(=O)Cc1cc(OC)c(F)cc1CCl. The number of esters is 1. The van der Waals surface area contributed by atoms with Gasteiger partial charge in [0.15, 0.2) is 11.6 Å². The summed E-state index contributed by atoms with van der Waals surface area (Å²) >= 11 is 5.67. The van der Waals surface area contributed by atoms with Gasteiger partial charge in [0.1, 0.15) is 0 Å². The van der Waals surface area contributed by atoms with Crippen molar-refractivity contribution in [1.82, 2.24) is 0 Å². The molecule has 0 aliphatic heterocycles. The molecule has 0 radical (unpaired) electrons. The van der Waals surface area contributed by atoms with Crippen LogP contribution >= 0.6 is 11.6 Å². The predicted octanol–water partition coefficient (Wildman–Crippen LogP) is 2.29. The lowest BCUT2D eigenvalue weighted by atomic mass is 10.0. The fraction of sp³-hybridized carbons (Fsp3) is 0.364. The maximum atomic E-state index is 13.3. The molecule has 0 heterocycles. The Morgan fingerprint density at radius 3 is 2.56 bits per heavy atom. The molecule has 0 aromatic heterocycles. The summed E-state index contributed by atoms with van der Waals surface area (Å²) in [7, 11) is 2.66. The maximum Gasteiger partial charge on any atom is 0.309 e. The van der Waals surface area contributed by atoms with E-state index >= 15 is 0 Å². The van der Waals surface area contributed by atoms with Gasteiger partial charge in [-0.3, -0.25) is 4.79 Å². The molecule has 1 aromatic rings. The van der Waals surface area contributed by atoms with Gasteiger partial charge in [-0.25, -0.2) is 4.39 Å². The summed E-state index contributed by atoms with van der Waals surface area (Å²) in [4.78, 5) is 11.1. The largest absolute Gasteiger partial charge is 0.494 e. The minimum absolute atomic E-state index is 0.0508. The first kappa shape index (κ1) is 12.8. The summed E-state index contributed by atoms with van der Waals surface area (Å²) in [5.74, 6) is -0.674. The number of ether oxygens (including phenoxy) is 2. The van der Waals surface area contributed by atoms with Gasteiger partial charge in [0.2, 0.25) is 0 Å². The van der Waals surface area contributed by atoms with Crippen molar-refractivity contribution < 1.29 is 18.7 Å². The molecule has 88 valence electrons. The van der Waals surface area contributed by atoms with Gasteiger partial charge in [-0.1, -0.05) is 0 Å². The van der Waals surface area contributed by atoms with Gasteiger partial charge in [-0.05, 0) is 23.3 Å². The summed E-state index contributed by atoms with van der Waals surface area (Å²) in [6.07, 6.45) is 0.0508. The van der Waals surface area contributed by atoms with Crippen LogP contribution < -0.4 is 4.74 Å². The Labute approximate surface area is 98.1 Å². The van der Waals surface area contributed by atoms with Crippen molar-refractivity contribution in [3.8, 4) is 5.75 Å². The van der Waals surface area contributed by atoms with Gasteiger partial charge in [0.25, 0.3) is 0 Å². The maximum absolute atomic E-state index is 13.3. The second kappa shape index (κ2) is 5.70. The molecule has 0 fully saturated rings. The number of halogens is 2. The smallest absolute Gasteiger partial charge is 0.309 e. The number of hydrogen-bond donors (Lipinski definition) is 0. The van der Waals surface area contributed by atoms with Crippen LogP contribution in [0.5, 0.6) is 5.75 Å². The molecule has 0 unspecified atom stereocenters. The molecule has 3 nitrogen and oxygen atoms in total. The van der Waals surface area contributed by atoms with Crippen molar-refractivity contribution in [2.24, 2.45) is 0 Å². The molecule has 16 heavy (non-hydrogen) atoms. The molecule has 0 saturated heterocycles. The summed E-state index contributed by atoms with van der Waals surface area (Å²) in [5.41, 5.74) is 1.17. The van der Waals surface area contributed by atoms with E-state index in [1.165, 1.54) is 26.4 Å². The molecule has 0 spiro atoms. The number of carbonyl (C=O) groups is 1. The molecule has 5 heteroatoms. The van der Waals surface area contributed by atoms with Gasteiger partial charge in [0.05, 0.1) is 20.6 Å². The molecule has 1 aromatic carbocycles. The average Bonchev–Trinajstić information content (AvgIpc) is 2.30. The van der Waals surface area contributed by atoms with Gasteiger partial charge in [0, 0.05) is 5.88 Å². The van der Waals surface area contributed by atoms with E-state index in [0.29, 0.717) is 11.1 Å². The number of carbonyl (C=O) groups excluding carboxylic acids is 1. The Bertz CT molecular complexity index is 393. The van der Waals surface area contributed by atoms with Crippen molar-refractivity contribution in [2.45, 2.75) is 12.3 Å². The van der Waals surface area contributed by atoms with Crippen LogP contribution in [0.1, 0.15) is 11.1 Å². The Balaban J connectivity index is 3.09. The van der Waals surface area contributed by atoms with E-state index in [4.69, 9.17) is 16.3 Å². The molecular formula is C11H12ClFO3. The predicted molar refractivity (Wildman–Crippen MR) is 58.2 cm³/mol. The molecule has 0 saturated carbocycles. The van der Waals surface area contributed by atoms with Crippen LogP contribution in [0.15, 0.2) is 12.1 Å². The molecule has 0 aliphatic carbocycles. The minimum Gasteiger partial charge on any atom is -0.494 e. The first-order chi connectivity index (χ1) is 7.62. The molecule has 0 N–H and O–H groups in total. The molecule has 0 atom stereocenters. The topological polar surface area (TPSA) is 35.5 Å². The van der Waals surface area contributed by atoms with Crippen molar-refractivity contribution in [1.29, 1.82) is 0 Å². The highest BCUT2D eigenvalue weighted by molar-refractivity contribution is 6.17. The Kier molecular flexibility index (Phi) is 4.55. The molecule has 0 bridgehead atoms. The Morgan fingerprint density at radius 1 is 1.38 bits per heavy atom. The molecule has 1 rings (SSSR count). The minimum atomic E-state index is -0.494. The first-order valence-corrected chi connectivity index (χ1v) is 5.13. The monoisotopic (exact) mass is 246 g/mol. The third-order valence-corrected chi connectivity index (χ3v) is 2.47. The van der Waals surface area contributed by atoms with Crippen LogP contribution in [-0.2, 0) is 21.8 Å². The number of alkyl halides is 1. The van der Waals surface area contributed by atoms with Gasteiger partial charge in [-0.15, -0.1) is 11.6 Å². The number of benzene rings is 1. The normalized spacial score (nSPS) is 10.0. The first-order valence-electron chi connectivity index (χ1n) is 4.60. The second-order valence-electron chi connectivity index (χ2n) is 3.14. The zero-order valence-electron chi connectivity index (χ0n) is 9.05. The highest BCUT2D eigenvalue weighted by Gasteiger charge is 2.13. The van der Waals surface area contributed by atoms with E-state index in [2.05, 4.69) is 4.74 Å². The fourth-order valence-electron chi connectivity index (χ4n) is 1.31. The van der Waals surface area contributed by atoms with Gasteiger partial charge in [-0.2, -0.15) is 0 Å². The van der Waals surface area contributed by atoms with E-state index in [9.17, 15) is 9.18 Å². The van der Waals surface area contributed by atoms with Gasteiger partial charge >= 0.3 is 5.97 Å². The number of hydrogen-bond acceptors (Lipinski definition) is 3. The summed E-state index contributed by atoms with van der Waals surface area (Å²) in [5, 5.41) is 0. The number of methoxy groups -OCH3 is 2. The van der Waals surface area contributed by atoms with Crippen molar-refractivity contribution in [3.05, 3.63) is 29.1 Å². The zero-order valence-corrected chi connectivity index (χ0v) is 9.81. The molecule has 0 amide bonds. The van der Waals surface area contributed by atoms with Crippen LogP contribution in [0, 0.1) is 5.82 Å². The lowest BCUT2D eigenvalue weighted by Gasteiger charge is -2.09. The van der Waals surface area contributed by atoms with Crippen LogP contribution in [0.3, 0.4) is 0 Å². The molecule has 0 aliphatic rings. The van der Waals surface area contributed by atoms with E-state index < -0.39 is 11.8 Å². The van der Waals surface area contributed by atoms with Crippen LogP contribution in [-0.4, -0.2) is 20.2 Å². The van der Waals surface area contributed by atoms with E-state index in [1.54, 1.807) is 0 Å². The third kappa shape index (κ3) is 2.85. The van der Waals surface area contributed by atoms with E-state index in [0.717, 1.165) is 0 Å². The molecular weight excluding hydrogens is 235 g/mol. The lowest BCUT2D eigenvalue weighted by Crippen LogP contribution is -2.07. The van der Waals surface area contributed by atoms with Crippen LogP contribution in [0.2, 0.25) is 0 Å². The quantitative estimate of drug-likeness (QED) is 0.604. The second-order valence-corrected chi connectivity index (χ2v) is 3.41. The Hall–Kier alpha value is -1.29. The van der Waals surface area contributed by atoms with Crippen molar-refractivity contribution in [3.63, 3.8) is 0 Å². The fourth-order valence-corrected chi connectivity index (χ4v) is 1.56. The Morgan fingerprint density at radius 2 is 2.06 bits per heavy atom. The lowest BCUT2D eigenvalue weighted by molar-refractivity contribution is -0.139. The van der Waals surface area contributed by atoms with E-state index in [-0.39, 0.29) is 18.1 Å². The third-order valence-electron chi connectivity index (χ3n) is 2.18. The standard InChI is InChI=1S/C11H12ClFO3/c1-15-10-4-7(5-11(14)16-2)8(6-12)3-9(10)13/h3-4H,5-6H2,1-2H3. The highest BCUT2D eigenvalue weighted by Crippen LogP contribution is 2.24. The summed E-state index contributed by atoms with van der Waals surface area (Å²) < 4.78 is 22.7. The number of rotatable bonds is 4. The average molecular weight is 247 g/mol. The van der Waals surface area contributed by atoms with Crippen LogP contribution in [0.25, 0.3) is 0 Å². The summed E-state index contributed by atoms with van der Waals surface area (Å²) in [6, 6.07) is 2.73. The van der Waals surface area contributed by atoms with Crippen molar-refractivity contribution >= 4 is 17.6 Å².